The molecule has 2 fully saturated rings. The van der Waals surface area contributed by atoms with Gasteiger partial charge in [0.25, 0.3) is 11.8 Å². The van der Waals surface area contributed by atoms with Crippen LogP contribution in [-0.4, -0.2) is 70.9 Å². The molecule has 15 heteroatoms. The van der Waals surface area contributed by atoms with E-state index in [1.807, 2.05) is 54.6 Å². The van der Waals surface area contributed by atoms with Crippen LogP contribution in [0.1, 0.15) is 89.5 Å². The number of nitrogens with two attached hydrogens (primary N) is 4. The van der Waals surface area contributed by atoms with E-state index < -0.39 is 69.9 Å². The van der Waals surface area contributed by atoms with Gasteiger partial charge in [-0.1, -0.05) is 108 Å². The molecule has 6 amide bonds. The third-order valence-electron chi connectivity index (χ3n) is 11.3. The average molecular weight is 812 g/mol. The molecular weight excluding hydrogens is 755 g/mol. The number of para-hydroxylation sites is 1. The standard InChI is InChI=1S/C44H57N7O8/c1-41(2,3)33(58-39(47)56)35(52)50-24-10-22-43(50,37(45)54)30-18-14-28(15-19-30)26-49(32-12-8-7-9-13-32)27-29-16-20-31(21-17-29)44(38(46)55)23-11-25-51(44)36(53)34(42(4,5)6)59-40(48)57/h7-9,12-21,33-34H,10-11,22-27H2,1-6H3,(H2,45,54)(H2,46,55)(H2,47,56)(H2,48,57)/t33-,34-,43+,44+/m1/s1. The maximum atomic E-state index is 14.0. The number of hydrogen-bond donors (Lipinski definition) is 4. The molecule has 2 heterocycles. The molecule has 3 aromatic carbocycles. The van der Waals surface area contributed by atoms with Crippen LogP contribution in [0.4, 0.5) is 15.3 Å². The van der Waals surface area contributed by atoms with Crippen LogP contribution in [0, 0.1) is 10.8 Å². The molecule has 0 saturated carbocycles. The highest BCUT2D eigenvalue weighted by Crippen LogP contribution is 2.43. The number of ether oxygens (including phenoxy) is 2. The van der Waals surface area contributed by atoms with Crippen molar-refractivity contribution >= 4 is 41.5 Å². The van der Waals surface area contributed by atoms with Crippen LogP contribution in [0.3, 0.4) is 0 Å². The first-order valence-electron chi connectivity index (χ1n) is 19.8. The summed E-state index contributed by atoms with van der Waals surface area (Å²) in [5.41, 5.74) is 22.2. The van der Waals surface area contributed by atoms with Crippen molar-refractivity contribution in [3.63, 3.8) is 0 Å². The molecule has 8 N–H and O–H groups in total. The minimum absolute atomic E-state index is 0.245. The van der Waals surface area contributed by atoms with E-state index in [1.54, 1.807) is 65.8 Å². The number of likely N-dealkylation sites (tertiary alicyclic amines) is 2. The predicted molar refractivity (Wildman–Crippen MR) is 221 cm³/mol. The maximum Gasteiger partial charge on any atom is 0.405 e. The fourth-order valence-electron chi connectivity index (χ4n) is 8.43. The smallest absolute Gasteiger partial charge is 0.405 e. The number of carbonyl (C=O) groups is 6. The van der Waals surface area contributed by atoms with Gasteiger partial charge in [-0.05, 0) is 60.1 Å². The highest BCUT2D eigenvalue weighted by Gasteiger charge is 2.54. The molecule has 2 aliphatic heterocycles. The number of anilines is 1. The minimum Gasteiger partial charge on any atom is -0.436 e. The SMILES string of the molecule is CC(C)(C)[C@H](OC(N)=O)C(=O)N1CCC[C@@]1(C(N)=O)c1ccc(CN(Cc2ccc([C@]3(C(N)=O)CCCN3C(=O)[C@@H](OC(N)=O)C(C)(C)C)cc2)c2ccccc2)cc1. The highest BCUT2D eigenvalue weighted by molar-refractivity contribution is 5.95. The van der Waals surface area contributed by atoms with E-state index in [1.165, 1.54) is 9.80 Å². The van der Waals surface area contributed by atoms with Gasteiger partial charge in [-0.3, -0.25) is 19.2 Å². The molecule has 4 atom stereocenters. The predicted octanol–water partition coefficient (Wildman–Crippen LogP) is 4.52. The number of nitrogens with zero attached hydrogens (tertiary/aromatic N) is 3. The summed E-state index contributed by atoms with van der Waals surface area (Å²) in [5, 5.41) is 0. The summed E-state index contributed by atoms with van der Waals surface area (Å²) < 4.78 is 10.6. The van der Waals surface area contributed by atoms with E-state index in [0.29, 0.717) is 49.9 Å². The Morgan fingerprint density at radius 1 is 0.593 bits per heavy atom. The van der Waals surface area contributed by atoms with E-state index >= 15 is 0 Å². The lowest BCUT2D eigenvalue weighted by atomic mass is 9.83. The van der Waals surface area contributed by atoms with Gasteiger partial charge in [0.05, 0.1) is 0 Å². The molecule has 59 heavy (non-hydrogen) atoms. The van der Waals surface area contributed by atoms with E-state index in [9.17, 15) is 28.8 Å². The third-order valence-corrected chi connectivity index (χ3v) is 11.3. The van der Waals surface area contributed by atoms with Crippen molar-refractivity contribution in [3.05, 3.63) is 101 Å². The van der Waals surface area contributed by atoms with Crippen LogP contribution in [0.5, 0.6) is 0 Å². The summed E-state index contributed by atoms with van der Waals surface area (Å²) in [6, 6.07) is 24.6. The first-order chi connectivity index (χ1) is 27.6. The summed E-state index contributed by atoms with van der Waals surface area (Å²) in [6.07, 6.45) is -3.00. The van der Waals surface area contributed by atoms with Crippen molar-refractivity contribution in [1.82, 2.24) is 9.80 Å². The Hall–Kier alpha value is -6.12. The van der Waals surface area contributed by atoms with Crippen LogP contribution in [-0.2, 0) is 52.8 Å². The molecule has 316 valence electrons. The van der Waals surface area contributed by atoms with Gasteiger partial charge in [-0.2, -0.15) is 0 Å². The van der Waals surface area contributed by atoms with Crippen molar-refractivity contribution in [1.29, 1.82) is 0 Å². The Morgan fingerprint density at radius 2 is 0.949 bits per heavy atom. The second-order valence-corrected chi connectivity index (χ2v) is 17.6. The van der Waals surface area contributed by atoms with Crippen LogP contribution in [0.15, 0.2) is 78.9 Å². The summed E-state index contributed by atoms with van der Waals surface area (Å²) in [5.74, 6) is -2.46. The molecule has 0 unspecified atom stereocenters. The maximum absolute atomic E-state index is 14.0. The van der Waals surface area contributed by atoms with E-state index in [0.717, 1.165) is 16.8 Å². The fraction of sp³-hybridized carbons (Fsp3) is 0.455. The van der Waals surface area contributed by atoms with Gasteiger partial charge in [-0.15, -0.1) is 0 Å². The van der Waals surface area contributed by atoms with Crippen molar-refractivity contribution in [2.75, 3.05) is 18.0 Å². The zero-order valence-corrected chi connectivity index (χ0v) is 34.7. The molecule has 2 aliphatic rings. The molecule has 0 aromatic heterocycles. The fourth-order valence-corrected chi connectivity index (χ4v) is 8.43. The summed E-state index contributed by atoms with van der Waals surface area (Å²) in [6.45, 7) is 11.9. The zero-order chi connectivity index (χ0) is 43.5. The number of rotatable bonds is 13. The highest BCUT2D eigenvalue weighted by atomic mass is 16.6. The number of primary amides is 4. The molecular formula is C44H57N7O8. The summed E-state index contributed by atoms with van der Waals surface area (Å²) in [7, 11) is 0. The van der Waals surface area contributed by atoms with E-state index in [4.69, 9.17) is 32.4 Å². The number of carbonyl (C=O) groups excluding carboxylic acids is 6. The van der Waals surface area contributed by atoms with Crippen LogP contribution in [0.25, 0.3) is 0 Å². The third kappa shape index (κ3) is 8.98. The quantitative estimate of drug-likeness (QED) is 0.190. The first kappa shape index (κ1) is 44.0. The zero-order valence-electron chi connectivity index (χ0n) is 34.7. The molecule has 0 bridgehead atoms. The average Bonchev–Trinajstić information content (AvgIpc) is 3.83. The van der Waals surface area contributed by atoms with Gasteiger partial charge in [0.1, 0.15) is 11.1 Å². The topological polar surface area (TPSA) is 235 Å². The number of benzene rings is 3. The Morgan fingerprint density at radius 3 is 1.25 bits per heavy atom. The van der Waals surface area contributed by atoms with Crippen LogP contribution < -0.4 is 27.8 Å². The summed E-state index contributed by atoms with van der Waals surface area (Å²) in [4.78, 5) is 83.2. The minimum atomic E-state index is -1.45. The molecule has 0 aliphatic carbocycles. The van der Waals surface area contributed by atoms with Gasteiger partial charge < -0.3 is 47.1 Å². The first-order valence-corrected chi connectivity index (χ1v) is 19.8. The van der Waals surface area contributed by atoms with Crippen molar-refractivity contribution in [3.8, 4) is 0 Å². The largest absolute Gasteiger partial charge is 0.436 e. The van der Waals surface area contributed by atoms with Gasteiger partial charge in [0.2, 0.25) is 11.8 Å². The van der Waals surface area contributed by atoms with Crippen LogP contribution >= 0.6 is 0 Å². The Balaban J connectivity index is 1.42. The van der Waals surface area contributed by atoms with E-state index in [2.05, 4.69) is 4.90 Å². The van der Waals surface area contributed by atoms with E-state index in [-0.39, 0.29) is 13.1 Å². The number of hydrogen-bond acceptors (Lipinski definition) is 9. The van der Waals surface area contributed by atoms with Gasteiger partial charge in [0.15, 0.2) is 12.2 Å². The second kappa shape index (κ2) is 17.0. The van der Waals surface area contributed by atoms with Gasteiger partial charge in [-0.25, -0.2) is 9.59 Å². The van der Waals surface area contributed by atoms with Gasteiger partial charge in [0, 0.05) is 42.7 Å². The lowest BCUT2D eigenvalue weighted by Gasteiger charge is -2.40. The van der Waals surface area contributed by atoms with Crippen LogP contribution in [0.2, 0.25) is 0 Å². The molecule has 15 nitrogen and oxygen atoms in total. The molecule has 2 saturated heterocycles. The van der Waals surface area contributed by atoms with Crippen molar-refractivity contribution < 1.29 is 38.2 Å². The Labute approximate surface area is 345 Å². The molecule has 3 aromatic rings. The van der Waals surface area contributed by atoms with Crippen molar-refractivity contribution in [2.24, 2.45) is 33.8 Å². The molecule has 5 rings (SSSR count). The summed E-state index contributed by atoms with van der Waals surface area (Å²) >= 11 is 0. The van der Waals surface area contributed by atoms with Gasteiger partial charge >= 0.3 is 12.2 Å². The Bertz CT molecular complexity index is 1920. The molecule has 0 radical (unpaired) electrons. The number of amides is 6. The van der Waals surface area contributed by atoms with Crippen molar-refractivity contribution in [2.45, 2.75) is 104 Å². The lowest BCUT2D eigenvalue weighted by Crippen LogP contribution is -2.58. The second-order valence-electron chi connectivity index (χ2n) is 17.6. The lowest BCUT2D eigenvalue weighted by molar-refractivity contribution is -0.155. The Kier molecular flexibility index (Phi) is 12.7. The normalized spacial score (nSPS) is 20.4. The monoisotopic (exact) mass is 811 g/mol. The molecule has 0 spiro atoms.